The van der Waals surface area contributed by atoms with Crippen molar-refractivity contribution in [2.75, 3.05) is 0 Å². The van der Waals surface area contributed by atoms with Gasteiger partial charge in [-0.2, -0.15) is 5.10 Å². The Morgan fingerprint density at radius 3 is 2.76 bits per heavy atom. The van der Waals surface area contributed by atoms with Crippen LogP contribution in [0.4, 0.5) is 0 Å². The SMILES string of the molecule is Cn1cc(-c2cc3[nH]cnc(-c4ccc5c(c4)CCCC5NC(=O)c4cnc(C(C)(C)C)s4)c-3n2)cn1. The van der Waals surface area contributed by atoms with Crippen LogP contribution in [0.3, 0.4) is 0 Å². The lowest BCUT2D eigenvalue weighted by molar-refractivity contribution is 0.0936. The molecule has 1 aliphatic carbocycles. The Hall–Kier alpha value is -3.85. The number of aromatic amines is 1. The number of amides is 1. The van der Waals surface area contributed by atoms with Crippen LogP contribution in [0.15, 0.2) is 49.2 Å². The van der Waals surface area contributed by atoms with Gasteiger partial charge >= 0.3 is 0 Å². The van der Waals surface area contributed by atoms with Crippen molar-refractivity contribution in [3.8, 4) is 33.9 Å². The van der Waals surface area contributed by atoms with Crippen LogP contribution < -0.4 is 5.32 Å². The van der Waals surface area contributed by atoms with Crippen molar-refractivity contribution in [1.82, 2.24) is 35.0 Å². The Balaban J connectivity index is 1.28. The number of aromatic nitrogens is 6. The molecule has 0 spiro atoms. The molecule has 0 bridgehead atoms. The molecule has 0 saturated carbocycles. The Kier molecular flexibility index (Phi) is 5.67. The molecular weight excluding hydrogens is 482 g/mol. The zero-order chi connectivity index (χ0) is 25.7. The molecule has 188 valence electrons. The lowest BCUT2D eigenvalue weighted by Crippen LogP contribution is -2.30. The first kappa shape index (κ1) is 23.5. The van der Waals surface area contributed by atoms with Crippen LogP contribution in [0.1, 0.15) is 65.5 Å². The highest BCUT2D eigenvalue weighted by Crippen LogP contribution is 2.37. The third kappa shape index (κ3) is 4.44. The van der Waals surface area contributed by atoms with Crippen LogP contribution in [0, 0.1) is 0 Å². The van der Waals surface area contributed by atoms with Gasteiger partial charge in [0.1, 0.15) is 10.6 Å². The lowest BCUT2D eigenvalue weighted by Gasteiger charge is -2.27. The van der Waals surface area contributed by atoms with Gasteiger partial charge in [0.25, 0.3) is 5.91 Å². The molecule has 1 amide bonds. The molecule has 2 N–H and O–H groups in total. The monoisotopic (exact) mass is 511 g/mol. The van der Waals surface area contributed by atoms with E-state index in [0.717, 1.165) is 58.2 Å². The minimum atomic E-state index is -0.0685. The third-order valence-corrected chi connectivity index (χ3v) is 8.24. The molecule has 4 heterocycles. The molecule has 0 saturated heterocycles. The summed E-state index contributed by atoms with van der Waals surface area (Å²) in [6.07, 6.45) is 10.1. The van der Waals surface area contributed by atoms with Crippen molar-refractivity contribution >= 4 is 17.2 Å². The maximum atomic E-state index is 13.1. The van der Waals surface area contributed by atoms with Crippen molar-refractivity contribution in [2.45, 2.75) is 51.5 Å². The number of nitrogens with one attached hydrogen (secondary N) is 2. The third-order valence-electron chi connectivity index (χ3n) is 6.81. The topological polar surface area (TPSA) is 101 Å². The molecule has 8 nitrogen and oxygen atoms in total. The average Bonchev–Trinajstić information content (AvgIpc) is 3.62. The Bertz CT molecular complexity index is 1570. The van der Waals surface area contributed by atoms with Crippen LogP contribution in [0.25, 0.3) is 33.9 Å². The van der Waals surface area contributed by atoms with Crippen molar-refractivity contribution in [3.05, 3.63) is 70.2 Å². The minimum absolute atomic E-state index is 0.0168. The fourth-order valence-electron chi connectivity index (χ4n) is 4.92. The number of hydrogen-bond acceptors (Lipinski definition) is 6. The second-order valence-corrected chi connectivity index (χ2v) is 11.7. The summed E-state index contributed by atoms with van der Waals surface area (Å²) in [5.74, 6) is -0.0548. The number of aryl methyl sites for hydroxylation is 2. The zero-order valence-corrected chi connectivity index (χ0v) is 22.2. The number of hydrogen-bond donors (Lipinski definition) is 2. The standard InChI is InChI=1S/C28H29N7OS/c1-28(2,3)27-29-13-23(37-27)26(36)34-20-7-5-6-16-10-17(8-9-19(16)20)24-25-22(30-15-31-24)11-21(33-25)18-12-32-35(4)14-18/h8-15,20H,5-7H2,1-4H3,(H,30,31)(H,34,36). The minimum Gasteiger partial charge on any atom is -0.344 e. The van der Waals surface area contributed by atoms with Crippen LogP contribution in [0.2, 0.25) is 0 Å². The summed E-state index contributed by atoms with van der Waals surface area (Å²) in [6.45, 7) is 6.33. The van der Waals surface area contributed by atoms with Gasteiger partial charge < -0.3 is 10.3 Å². The van der Waals surface area contributed by atoms with Crippen molar-refractivity contribution < 1.29 is 4.79 Å². The Morgan fingerprint density at radius 1 is 1.14 bits per heavy atom. The summed E-state index contributed by atoms with van der Waals surface area (Å²) in [5.41, 5.74) is 7.83. The van der Waals surface area contributed by atoms with E-state index in [0.29, 0.717) is 4.88 Å². The largest absolute Gasteiger partial charge is 0.344 e. The summed E-state index contributed by atoms with van der Waals surface area (Å²) >= 11 is 1.47. The van der Waals surface area contributed by atoms with E-state index in [-0.39, 0.29) is 17.4 Å². The summed E-state index contributed by atoms with van der Waals surface area (Å²) in [6, 6.07) is 8.45. The highest BCUT2D eigenvalue weighted by molar-refractivity contribution is 7.13. The Morgan fingerprint density at radius 2 is 2.00 bits per heavy atom. The molecule has 3 aliphatic rings. The molecule has 1 aromatic carbocycles. The summed E-state index contributed by atoms with van der Waals surface area (Å²) in [5, 5.41) is 8.50. The molecule has 1 atom stereocenters. The number of nitrogens with zero attached hydrogens (tertiary/aromatic N) is 5. The van der Waals surface area contributed by atoms with E-state index in [1.807, 2.05) is 25.5 Å². The van der Waals surface area contributed by atoms with Crippen LogP contribution >= 0.6 is 11.3 Å². The van der Waals surface area contributed by atoms with E-state index in [2.05, 4.69) is 64.3 Å². The van der Waals surface area contributed by atoms with E-state index < -0.39 is 0 Å². The van der Waals surface area contributed by atoms with Crippen molar-refractivity contribution in [3.63, 3.8) is 0 Å². The van der Waals surface area contributed by atoms with E-state index in [9.17, 15) is 4.79 Å². The van der Waals surface area contributed by atoms with Crippen LogP contribution in [-0.2, 0) is 18.9 Å². The van der Waals surface area contributed by atoms with Gasteiger partial charge in [-0.15, -0.1) is 11.3 Å². The number of H-pyrrole nitrogens is 1. The average molecular weight is 512 g/mol. The van der Waals surface area contributed by atoms with E-state index in [1.54, 1.807) is 17.2 Å². The van der Waals surface area contributed by atoms with Gasteiger partial charge in [-0.05, 0) is 42.5 Å². The number of carbonyl (C=O) groups excluding carboxylic acids is 1. The van der Waals surface area contributed by atoms with E-state index >= 15 is 0 Å². The Labute approximate surface area is 219 Å². The molecular formula is C28H29N7OS. The second kappa shape index (κ2) is 8.92. The molecule has 6 rings (SSSR count). The first-order chi connectivity index (χ1) is 17.8. The van der Waals surface area contributed by atoms with E-state index in [1.165, 1.54) is 22.5 Å². The molecule has 2 aliphatic heterocycles. The highest BCUT2D eigenvalue weighted by atomic mass is 32.1. The predicted molar refractivity (Wildman–Crippen MR) is 145 cm³/mol. The maximum absolute atomic E-state index is 13.1. The van der Waals surface area contributed by atoms with Gasteiger partial charge in [-0.1, -0.05) is 32.9 Å². The summed E-state index contributed by atoms with van der Waals surface area (Å²) < 4.78 is 1.77. The second-order valence-electron chi connectivity index (χ2n) is 10.7. The van der Waals surface area contributed by atoms with E-state index in [4.69, 9.17) is 4.98 Å². The fourth-order valence-corrected chi connectivity index (χ4v) is 5.79. The molecule has 9 heteroatoms. The first-order valence-corrected chi connectivity index (χ1v) is 13.3. The zero-order valence-electron chi connectivity index (χ0n) is 21.4. The van der Waals surface area contributed by atoms with Gasteiger partial charge in [-0.3, -0.25) is 9.48 Å². The maximum Gasteiger partial charge on any atom is 0.263 e. The number of thiazole rings is 1. The molecule has 0 fully saturated rings. The number of fused-ring (bicyclic) bond motifs is 2. The normalized spacial score (nSPS) is 15.6. The van der Waals surface area contributed by atoms with Crippen LogP contribution in [0.5, 0.6) is 0 Å². The fraction of sp³-hybridized carbons (Fsp3) is 0.321. The highest BCUT2D eigenvalue weighted by Gasteiger charge is 2.26. The molecule has 2 aromatic heterocycles. The van der Waals surface area contributed by atoms with Gasteiger partial charge in [0.15, 0.2) is 0 Å². The number of benzene rings is 1. The molecule has 37 heavy (non-hydrogen) atoms. The summed E-state index contributed by atoms with van der Waals surface area (Å²) in [7, 11) is 1.90. The van der Waals surface area contributed by atoms with Gasteiger partial charge in [0.05, 0.1) is 46.9 Å². The number of rotatable bonds is 4. The molecule has 1 unspecified atom stereocenters. The predicted octanol–water partition coefficient (Wildman–Crippen LogP) is 5.54. The lowest BCUT2D eigenvalue weighted by atomic mass is 9.86. The first-order valence-electron chi connectivity index (χ1n) is 12.5. The molecule has 0 radical (unpaired) electrons. The summed E-state index contributed by atoms with van der Waals surface area (Å²) in [4.78, 5) is 30.9. The van der Waals surface area contributed by atoms with Gasteiger partial charge in [0.2, 0.25) is 0 Å². The van der Waals surface area contributed by atoms with Gasteiger partial charge in [0, 0.05) is 29.8 Å². The van der Waals surface area contributed by atoms with Crippen molar-refractivity contribution in [1.29, 1.82) is 0 Å². The number of carbonyl (C=O) groups is 1. The smallest absolute Gasteiger partial charge is 0.263 e. The van der Waals surface area contributed by atoms with Crippen molar-refractivity contribution in [2.24, 2.45) is 7.05 Å². The van der Waals surface area contributed by atoms with Crippen LogP contribution in [-0.4, -0.2) is 35.6 Å². The van der Waals surface area contributed by atoms with Gasteiger partial charge in [-0.25, -0.2) is 15.0 Å². The quantitative estimate of drug-likeness (QED) is 0.330. The molecule has 3 aromatic rings.